The molecule has 3 N–H and O–H groups in total. The molecule has 1 atom stereocenters. The van der Waals surface area contributed by atoms with Crippen molar-refractivity contribution < 1.29 is 9.53 Å². The number of ether oxygens (including phenoxy) is 1. The average Bonchev–Trinajstić information content (AvgIpc) is 2.56. The Labute approximate surface area is 137 Å². The zero-order chi connectivity index (χ0) is 16.8. The molecule has 5 nitrogen and oxygen atoms in total. The molecule has 0 radical (unpaired) electrons. The van der Waals surface area contributed by atoms with Crippen LogP contribution in [0.5, 0.6) is 5.75 Å². The molecule has 5 heteroatoms. The maximum absolute atomic E-state index is 12.2. The highest BCUT2D eigenvalue weighted by molar-refractivity contribution is 5.95. The van der Waals surface area contributed by atoms with E-state index in [4.69, 9.17) is 10.5 Å². The predicted octanol–water partition coefficient (Wildman–Crippen LogP) is 2.27. The lowest BCUT2D eigenvalue weighted by molar-refractivity contribution is -0.117. The van der Waals surface area contributed by atoms with Gasteiger partial charge in [-0.3, -0.25) is 4.79 Å². The van der Waals surface area contributed by atoms with Crippen molar-refractivity contribution in [3.05, 3.63) is 54.1 Å². The van der Waals surface area contributed by atoms with E-state index in [1.54, 1.807) is 7.11 Å². The number of benzene rings is 2. The first-order valence-corrected chi connectivity index (χ1v) is 7.46. The number of carbonyl (C=O) groups is 1. The second-order valence-corrected chi connectivity index (χ2v) is 5.59. The molecule has 0 aromatic heterocycles. The van der Waals surface area contributed by atoms with E-state index in [1.807, 2.05) is 67.5 Å². The predicted molar refractivity (Wildman–Crippen MR) is 94.1 cm³/mol. The fourth-order valence-corrected chi connectivity index (χ4v) is 2.19. The fourth-order valence-electron chi connectivity index (χ4n) is 2.19. The van der Waals surface area contributed by atoms with Crippen LogP contribution in [0.15, 0.2) is 48.5 Å². The second-order valence-electron chi connectivity index (χ2n) is 5.59. The van der Waals surface area contributed by atoms with Crippen molar-refractivity contribution in [1.82, 2.24) is 0 Å². The lowest BCUT2D eigenvalue weighted by atomic mass is 10.1. The maximum Gasteiger partial charge on any atom is 0.241 e. The lowest BCUT2D eigenvalue weighted by Gasteiger charge is -2.15. The molecule has 0 heterocycles. The maximum atomic E-state index is 12.2. The van der Waals surface area contributed by atoms with Gasteiger partial charge in [-0.15, -0.1) is 0 Å². The van der Waals surface area contributed by atoms with Gasteiger partial charge in [-0.2, -0.15) is 0 Å². The lowest BCUT2D eigenvalue weighted by Crippen LogP contribution is -2.37. The van der Waals surface area contributed by atoms with Crippen molar-refractivity contribution in [1.29, 1.82) is 0 Å². The third-order valence-corrected chi connectivity index (χ3v) is 3.60. The Kier molecular flexibility index (Phi) is 5.60. The summed E-state index contributed by atoms with van der Waals surface area (Å²) in [4.78, 5) is 14.2. The van der Waals surface area contributed by atoms with E-state index in [2.05, 4.69) is 5.32 Å². The monoisotopic (exact) mass is 313 g/mol. The van der Waals surface area contributed by atoms with Crippen molar-refractivity contribution in [2.24, 2.45) is 5.73 Å². The Morgan fingerprint density at radius 1 is 1.13 bits per heavy atom. The van der Waals surface area contributed by atoms with Gasteiger partial charge in [0.15, 0.2) is 0 Å². The molecule has 0 spiro atoms. The zero-order valence-corrected chi connectivity index (χ0v) is 13.7. The van der Waals surface area contributed by atoms with E-state index >= 15 is 0 Å². The van der Waals surface area contributed by atoms with Gasteiger partial charge in [0, 0.05) is 25.5 Å². The largest absolute Gasteiger partial charge is 0.497 e. The highest BCUT2D eigenvalue weighted by atomic mass is 16.5. The van der Waals surface area contributed by atoms with Crippen LogP contribution in [0.1, 0.15) is 5.56 Å². The molecule has 0 fully saturated rings. The standard InChI is InChI=1S/C18H23N3O2/c1-21(2)15-8-6-14(7-9-15)20-18(22)17(19)12-13-4-10-16(23-3)11-5-13/h4-11,17H,12,19H2,1-3H3,(H,20,22)/t17-/m0/s1. The molecule has 2 rings (SSSR count). The van der Waals surface area contributed by atoms with E-state index < -0.39 is 6.04 Å². The number of amides is 1. The molecule has 23 heavy (non-hydrogen) atoms. The summed E-state index contributed by atoms with van der Waals surface area (Å²) in [6, 6.07) is 14.6. The summed E-state index contributed by atoms with van der Waals surface area (Å²) in [5.41, 5.74) is 8.81. The third-order valence-electron chi connectivity index (χ3n) is 3.60. The van der Waals surface area contributed by atoms with E-state index in [9.17, 15) is 4.79 Å². The van der Waals surface area contributed by atoms with Crippen LogP contribution in [0, 0.1) is 0 Å². The number of rotatable bonds is 6. The molecule has 0 aliphatic carbocycles. The summed E-state index contributed by atoms with van der Waals surface area (Å²) >= 11 is 0. The first-order valence-electron chi connectivity index (χ1n) is 7.46. The summed E-state index contributed by atoms with van der Waals surface area (Å²) in [5.74, 6) is 0.589. The minimum Gasteiger partial charge on any atom is -0.497 e. The van der Waals surface area contributed by atoms with Crippen LogP contribution in [-0.2, 0) is 11.2 Å². The zero-order valence-electron chi connectivity index (χ0n) is 13.7. The molecule has 0 bridgehead atoms. The Morgan fingerprint density at radius 3 is 2.26 bits per heavy atom. The molecule has 1 amide bonds. The average molecular weight is 313 g/mol. The Morgan fingerprint density at radius 2 is 1.74 bits per heavy atom. The van der Waals surface area contributed by atoms with Gasteiger partial charge in [0.25, 0.3) is 0 Å². The Hall–Kier alpha value is -2.53. The molecule has 0 aliphatic rings. The minimum absolute atomic E-state index is 0.196. The smallest absolute Gasteiger partial charge is 0.241 e. The molecule has 0 unspecified atom stereocenters. The summed E-state index contributed by atoms with van der Waals surface area (Å²) < 4.78 is 5.11. The van der Waals surface area contributed by atoms with E-state index in [-0.39, 0.29) is 5.91 Å². The van der Waals surface area contributed by atoms with Gasteiger partial charge < -0.3 is 20.7 Å². The molecule has 2 aromatic rings. The van der Waals surface area contributed by atoms with Gasteiger partial charge in [0.2, 0.25) is 5.91 Å². The normalized spacial score (nSPS) is 11.7. The highest BCUT2D eigenvalue weighted by Crippen LogP contribution is 2.16. The van der Waals surface area contributed by atoms with E-state index in [0.29, 0.717) is 6.42 Å². The number of anilines is 2. The molecule has 0 saturated heterocycles. The quantitative estimate of drug-likeness (QED) is 0.858. The van der Waals surface area contributed by atoms with Gasteiger partial charge in [-0.1, -0.05) is 12.1 Å². The molecular formula is C18H23N3O2. The van der Waals surface area contributed by atoms with Crippen molar-refractivity contribution in [2.75, 3.05) is 31.4 Å². The number of carbonyl (C=O) groups excluding carboxylic acids is 1. The van der Waals surface area contributed by atoms with Crippen molar-refractivity contribution in [3.8, 4) is 5.75 Å². The van der Waals surface area contributed by atoms with Crippen molar-refractivity contribution >= 4 is 17.3 Å². The molecule has 0 aliphatic heterocycles. The summed E-state index contributed by atoms with van der Waals surface area (Å²) in [7, 11) is 5.56. The number of methoxy groups -OCH3 is 1. The van der Waals surface area contributed by atoms with E-state index in [1.165, 1.54) is 0 Å². The SMILES string of the molecule is COc1ccc(C[C@H](N)C(=O)Nc2ccc(N(C)C)cc2)cc1. The van der Waals surface area contributed by atoms with Gasteiger partial charge in [-0.25, -0.2) is 0 Å². The van der Waals surface area contributed by atoms with Crippen LogP contribution in [0.4, 0.5) is 11.4 Å². The number of hydrogen-bond acceptors (Lipinski definition) is 4. The van der Waals surface area contributed by atoms with Crippen LogP contribution >= 0.6 is 0 Å². The Balaban J connectivity index is 1.93. The molecular weight excluding hydrogens is 290 g/mol. The number of nitrogens with one attached hydrogen (secondary N) is 1. The minimum atomic E-state index is -0.600. The Bertz CT molecular complexity index is 636. The van der Waals surface area contributed by atoms with Gasteiger partial charge in [-0.05, 0) is 48.4 Å². The molecule has 122 valence electrons. The third kappa shape index (κ3) is 4.72. The van der Waals surface area contributed by atoms with E-state index in [0.717, 1.165) is 22.7 Å². The van der Waals surface area contributed by atoms with Gasteiger partial charge in [0.05, 0.1) is 13.2 Å². The molecule has 0 saturated carbocycles. The van der Waals surface area contributed by atoms with Crippen LogP contribution in [-0.4, -0.2) is 33.2 Å². The first kappa shape index (κ1) is 16.8. The van der Waals surface area contributed by atoms with Crippen molar-refractivity contribution in [3.63, 3.8) is 0 Å². The van der Waals surface area contributed by atoms with Crippen molar-refractivity contribution in [2.45, 2.75) is 12.5 Å². The number of nitrogens with two attached hydrogens (primary N) is 1. The fraction of sp³-hybridized carbons (Fsp3) is 0.278. The second kappa shape index (κ2) is 7.65. The summed E-state index contributed by atoms with van der Waals surface area (Å²) in [6.07, 6.45) is 0.478. The van der Waals surface area contributed by atoms with Gasteiger partial charge in [0.1, 0.15) is 5.75 Å². The van der Waals surface area contributed by atoms with Crippen LogP contribution < -0.4 is 20.7 Å². The number of hydrogen-bond donors (Lipinski definition) is 2. The van der Waals surface area contributed by atoms with Crippen LogP contribution in [0.25, 0.3) is 0 Å². The molecule has 2 aromatic carbocycles. The topological polar surface area (TPSA) is 67.6 Å². The number of nitrogens with zero attached hydrogens (tertiary/aromatic N) is 1. The summed E-state index contributed by atoms with van der Waals surface area (Å²) in [6.45, 7) is 0. The van der Waals surface area contributed by atoms with Gasteiger partial charge >= 0.3 is 0 Å². The first-order chi connectivity index (χ1) is 11.0. The van der Waals surface area contributed by atoms with Crippen LogP contribution in [0.3, 0.4) is 0 Å². The van der Waals surface area contributed by atoms with Crippen LogP contribution in [0.2, 0.25) is 0 Å². The highest BCUT2D eigenvalue weighted by Gasteiger charge is 2.14. The summed E-state index contributed by atoms with van der Waals surface area (Å²) in [5, 5.41) is 2.84.